The highest BCUT2D eigenvalue weighted by Crippen LogP contribution is 2.13. The lowest BCUT2D eigenvalue weighted by Gasteiger charge is -1.99. The van der Waals surface area contributed by atoms with Crippen molar-refractivity contribution in [2.24, 2.45) is 0 Å². The maximum atomic E-state index is 8.64. The van der Waals surface area contributed by atoms with Crippen LogP contribution >= 0.6 is 0 Å². The molecule has 0 aromatic carbocycles. The molecule has 0 atom stereocenters. The van der Waals surface area contributed by atoms with Gasteiger partial charge in [0.1, 0.15) is 0 Å². The van der Waals surface area contributed by atoms with Crippen LogP contribution in [0.25, 0.3) is 0 Å². The summed E-state index contributed by atoms with van der Waals surface area (Å²) < 4.78 is 0. The van der Waals surface area contributed by atoms with E-state index in [1.54, 1.807) is 0 Å². The van der Waals surface area contributed by atoms with Gasteiger partial charge in [-0.15, -0.1) is 0 Å². The smallest absolute Gasteiger partial charge is 0.0434 e. The Bertz CT molecular complexity index is 208. The van der Waals surface area contributed by atoms with Gasteiger partial charge in [-0.05, 0) is 37.8 Å². The van der Waals surface area contributed by atoms with Crippen molar-refractivity contribution in [3.8, 4) is 0 Å². The molecule has 1 rings (SSSR count). The fourth-order valence-electron chi connectivity index (χ4n) is 1.33. The lowest BCUT2D eigenvalue weighted by atomic mass is 10.1. The molecule has 0 bridgehead atoms. The third-order valence-electron chi connectivity index (χ3n) is 2.02. The van der Waals surface area contributed by atoms with Crippen molar-refractivity contribution in [1.29, 1.82) is 0 Å². The molecule has 0 amide bonds. The van der Waals surface area contributed by atoms with Gasteiger partial charge >= 0.3 is 0 Å². The largest absolute Gasteiger partial charge is 0.396 e. The van der Waals surface area contributed by atoms with E-state index >= 15 is 0 Å². The van der Waals surface area contributed by atoms with Gasteiger partial charge in [-0.25, -0.2) is 0 Å². The molecule has 0 spiro atoms. The van der Waals surface area contributed by atoms with E-state index in [1.165, 1.54) is 16.8 Å². The molecule has 11 heavy (non-hydrogen) atoms. The predicted octanol–water partition coefficient (Wildman–Crippen LogP) is 1.56. The number of rotatable bonds is 3. The molecule has 0 saturated carbocycles. The highest BCUT2D eigenvalue weighted by atomic mass is 16.2. The molecule has 1 heterocycles. The highest BCUT2D eigenvalue weighted by molar-refractivity contribution is 5.28. The standard InChI is InChI=1S/C9H15NO/c1-7-6-10-8(2)9(7)4-3-5-11/h6,10-11H,3-5H2,1-2H3. The molecule has 0 saturated heterocycles. The number of aryl methyl sites for hydroxylation is 2. The number of aromatic nitrogens is 1. The molecule has 0 radical (unpaired) electrons. The molecule has 0 aliphatic rings. The zero-order chi connectivity index (χ0) is 8.27. The summed E-state index contributed by atoms with van der Waals surface area (Å²) in [5, 5.41) is 8.64. The number of hydrogen-bond donors (Lipinski definition) is 2. The number of aliphatic hydroxyl groups is 1. The predicted molar refractivity (Wildman–Crippen MR) is 45.7 cm³/mol. The monoisotopic (exact) mass is 153 g/mol. The molecule has 62 valence electrons. The molecule has 2 heteroatoms. The average molecular weight is 153 g/mol. The molecular formula is C9H15NO. The summed E-state index contributed by atoms with van der Waals surface area (Å²) in [4.78, 5) is 3.16. The third kappa shape index (κ3) is 1.84. The Balaban J connectivity index is 2.67. The summed E-state index contributed by atoms with van der Waals surface area (Å²) in [6.45, 7) is 4.44. The summed E-state index contributed by atoms with van der Waals surface area (Å²) in [6, 6.07) is 0. The Labute approximate surface area is 67.3 Å². The van der Waals surface area contributed by atoms with Crippen molar-refractivity contribution in [3.63, 3.8) is 0 Å². The number of H-pyrrole nitrogens is 1. The first kappa shape index (κ1) is 8.34. The summed E-state index contributed by atoms with van der Waals surface area (Å²) in [6.07, 6.45) is 3.86. The number of aliphatic hydroxyl groups excluding tert-OH is 1. The van der Waals surface area contributed by atoms with Gasteiger partial charge in [0.05, 0.1) is 0 Å². The van der Waals surface area contributed by atoms with E-state index in [9.17, 15) is 0 Å². The van der Waals surface area contributed by atoms with Crippen LogP contribution in [0.5, 0.6) is 0 Å². The first-order valence-electron chi connectivity index (χ1n) is 4.00. The van der Waals surface area contributed by atoms with Crippen LogP contribution in [-0.4, -0.2) is 16.7 Å². The zero-order valence-electron chi connectivity index (χ0n) is 7.15. The highest BCUT2D eigenvalue weighted by Gasteiger charge is 2.02. The molecule has 2 N–H and O–H groups in total. The van der Waals surface area contributed by atoms with Gasteiger partial charge in [-0.1, -0.05) is 0 Å². The minimum Gasteiger partial charge on any atom is -0.396 e. The Kier molecular flexibility index (Phi) is 2.71. The molecule has 0 aliphatic heterocycles. The van der Waals surface area contributed by atoms with Gasteiger partial charge in [0.2, 0.25) is 0 Å². The van der Waals surface area contributed by atoms with E-state index in [1.807, 2.05) is 6.20 Å². The van der Waals surface area contributed by atoms with E-state index in [4.69, 9.17) is 5.11 Å². The first-order valence-corrected chi connectivity index (χ1v) is 4.00. The van der Waals surface area contributed by atoms with Crippen molar-refractivity contribution in [1.82, 2.24) is 4.98 Å². The van der Waals surface area contributed by atoms with E-state index in [0.29, 0.717) is 0 Å². The van der Waals surface area contributed by atoms with Crippen molar-refractivity contribution in [2.45, 2.75) is 26.7 Å². The Morgan fingerprint density at radius 2 is 2.18 bits per heavy atom. The molecular weight excluding hydrogens is 138 g/mol. The van der Waals surface area contributed by atoms with Crippen LogP contribution in [0, 0.1) is 13.8 Å². The average Bonchev–Trinajstić information content (AvgIpc) is 2.29. The maximum Gasteiger partial charge on any atom is 0.0434 e. The van der Waals surface area contributed by atoms with Crippen LogP contribution in [-0.2, 0) is 6.42 Å². The Morgan fingerprint density at radius 1 is 1.45 bits per heavy atom. The van der Waals surface area contributed by atoms with Gasteiger partial charge in [0.25, 0.3) is 0 Å². The summed E-state index contributed by atoms with van der Waals surface area (Å²) in [5.74, 6) is 0. The van der Waals surface area contributed by atoms with Crippen LogP contribution in [0.2, 0.25) is 0 Å². The number of nitrogens with one attached hydrogen (secondary N) is 1. The SMILES string of the molecule is Cc1c[nH]c(C)c1CCCO. The van der Waals surface area contributed by atoms with Crippen molar-refractivity contribution >= 4 is 0 Å². The second kappa shape index (κ2) is 3.58. The van der Waals surface area contributed by atoms with Gasteiger partial charge in [-0.2, -0.15) is 0 Å². The Hall–Kier alpha value is -0.760. The van der Waals surface area contributed by atoms with Gasteiger partial charge < -0.3 is 10.1 Å². The lowest BCUT2D eigenvalue weighted by Crippen LogP contribution is -1.91. The topological polar surface area (TPSA) is 36.0 Å². The molecule has 1 aromatic rings. The lowest BCUT2D eigenvalue weighted by molar-refractivity contribution is 0.288. The van der Waals surface area contributed by atoms with E-state index < -0.39 is 0 Å². The van der Waals surface area contributed by atoms with Crippen molar-refractivity contribution < 1.29 is 5.11 Å². The summed E-state index contributed by atoms with van der Waals surface area (Å²) >= 11 is 0. The first-order chi connectivity index (χ1) is 5.25. The summed E-state index contributed by atoms with van der Waals surface area (Å²) in [7, 11) is 0. The van der Waals surface area contributed by atoms with E-state index in [-0.39, 0.29) is 6.61 Å². The molecule has 2 nitrogen and oxygen atoms in total. The van der Waals surface area contributed by atoms with Crippen LogP contribution < -0.4 is 0 Å². The summed E-state index contributed by atoms with van der Waals surface area (Å²) in [5.41, 5.74) is 3.89. The Morgan fingerprint density at radius 3 is 2.64 bits per heavy atom. The fraction of sp³-hybridized carbons (Fsp3) is 0.556. The van der Waals surface area contributed by atoms with Crippen LogP contribution in [0.3, 0.4) is 0 Å². The van der Waals surface area contributed by atoms with Gasteiger partial charge in [-0.3, -0.25) is 0 Å². The third-order valence-corrected chi connectivity index (χ3v) is 2.02. The van der Waals surface area contributed by atoms with Crippen LogP contribution in [0.1, 0.15) is 23.2 Å². The number of aromatic amines is 1. The van der Waals surface area contributed by atoms with E-state index in [0.717, 1.165) is 12.8 Å². The number of hydrogen-bond acceptors (Lipinski definition) is 1. The van der Waals surface area contributed by atoms with Crippen molar-refractivity contribution in [3.05, 3.63) is 23.0 Å². The van der Waals surface area contributed by atoms with E-state index in [2.05, 4.69) is 18.8 Å². The second-order valence-corrected chi connectivity index (χ2v) is 2.90. The second-order valence-electron chi connectivity index (χ2n) is 2.90. The minimum atomic E-state index is 0.282. The van der Waals surface area contributed by atoms with Crippen LogP contribution in [0.4, 0.5) is 0 Å². The van der Waals surface area contributed by atoms with Crippen molar-refractivity contribution in [2.75, 3.05) is 6.61 Å². The normalized spacial score (nSPS) is 10.5. The van der Waals surface area contributed by atoms with Crippen LogP contribution in [0.15, 0.2) is 6.20 Å². The van der Waals surface area contributed by atoms with Gasteiger partial charge in [0.15, 0.2) is 0 Å². The molecule has 0 fully saturated rings. The van der Waals surface area contributed by atoms with Gasteiger partial charge in [0, 0.05) is 18.5 Å². The molecule has 0 aliphatic carbocycles. The maximum absolute atomic E-state index is 8.64. The fourth-order valence-corrected chi connectivity index (χ4v) is 1.33. The quantitative estimate of drug-likeness (QED) is 0.679. The molecule has 0 unspecified atom stereocenters. The zero-order valence-corrected chi connectivity index (χ0v) is 7.15. The molecule has 1 aromatic heterocycles. The minimum absolute atomic E-state index is 0.282.